The van der Waals surface area contributed by atoms with Crippen molar-refractivity contribution in [3.8, 4) is 0 Å². The maximum atomic E-state index is 12.7. The molecule has 9 heteroatoms. The number of anilines is 1. The first kappa shape index (κ1) is 16.7. The van der Waals surface area contributed by atoms with E-state index in [0.29, 0.717) is 15.4 Å². The molecule has 2 rings (SSSR count). The molecule has 0 bridgehead atoms. The Bertz CT molecular complexity index is 685. The summed E-state index contributed by atoms with van der Waals surface area (Å²) in [7, 11) is -3.79. The minimum atomic E-state index is -3.79. The summed E-state index contributed by atoms with van der Waals surface area (Å²) in [5.74, 6) is -0.497. The Hall–Kier alpha value is -0.640. The van der Waals surface area contributed by atoms with Crippen molar-refractivity contribution in [2.24, 2.45) is 11.1 Å². The Morgan fingerprint density at radius 3 is 2.48 bits per heavy atom. The minimum absolute atomic E-state index is 0.0134. The fourth-order valence-electron chi connectivity index (χ4n) is 2.31. The van der Waals surface area contributed by atoms with Crippen molar-refractivity contribution in [1.82, 2.24) is 4.31 Å². The SMILES string of the molecule is CC1(C(N)=O)CCN(S(=O)(=O)c2c(N)cc(Br)cc2Br)C1. The highest BCUT2D eigenvalue weighted by Crippen LogP contribution is 2.38. The van der Waals surface area contributed by atoms with Crippen LogP contribution in [0.3, 0.4) is 0 Å². The molecule has 6 nitrogen and oxygen atoms in total. The molecular weight excluding hydrogens is 426 g/mol. The van der Waals surface area contributed by atoms with E-state index in [1.54, 1.807) is 13.0 Å². The molecule has 1 aromatic rings. The summed E-state index contributed by atoms with van der Waals surface area (Å²) < 4.78 is 27.8. The van der Waals surface area contributed by atoms with Crippen LogP contribution in [0.5, 0.6) is 0 Å². The number of primary amides is 1. The van der Waals surface area contributed by atoms with Gasteiger partial charge in [-0.05, 0) is 41.4 Å². The highest BCUT2D eigenvalue weighted by molar-refractivity contribution is 9.11. The summed E-state index contributed by atoms with van der Waals surface area (Å²) in [6.45, 7) is 1.97. The molecule has 0 saturated carbocycles. The topological polar surface area (TPSA) is 106 Å². The highest BCUT2D eigenvalue weighted by Gasteiger charge is 2.44. The molecule has 0 aliphatic carbocycles. The zero-order chi connectivity index (χ0) is 16.0. The quantitative estimate of drug-likeness (QED) is 0.697. The van der Waals surface area contributed by atoms with Gasteiger partial charge < -0.3 is 11.5 Å². The third-order valence-corrected chi connectivity index (χ3v) is 6.98. The summed E-state index contributed by atoms with van der Waals surface area (Å²) >= 11 is 6.49. The van der Waals surface area contributed by atoms with E-state index in [0.717, 1.165) is 0 Å². The van der Waals surface area contributed by atoms with Crippen LogP contribution in [0.15, 0.2) is 26.0 Å². The predicted molar refractivity (Wildman–Crippen MR) is 86.9 cm³/mol. The number of carbonyl (C=O) groups is 1. The standard InChI is InChI=1S/C12H15Br2N3O3S/c1-12(11(16)18)2-3-17(6-12)21(19,20)10-8(14)4-7(13)5-9(10)15/h4-5H,2-3,6,15H2,1H3,(H2,16,18). The van der Waals surface area contributed by atoms with Crippen LogP contribution in [0.1, 0.15) is 13.3 Å². The molecule has 0 spiro atoms. The molecule has 1 atom stereocenters. The summed E-state index contributed by atoms with van der Waals surface area (Å²) in [6, 6.07) is 3.15. The smallest absolute Gasteiger partial charge is 0.246 e. The van der Waals surface area contributed by atoms with E-state index >= 15 is 0 Å². The van der Waals surface area contributed by atoms with Gasteiger partial charge in [-0.2, -0.15) is 4.31 Å². The molecular formula is C12H15Br2N3O3S. The lowest BCUT2D eigenvalue weighted by molar-refractivity contribution is -0.126. The van der Waals surface area contributed by atoms with Crippen LogP contribution in [-0.4, -0.2) is 31.7 Å². The van der Waals surface area contributed by atoms with Crippen molar-refractivity contribution < 1.29 is 13.2 Å². The fourth-order valence-corrected chi connectivity index (χ4v) is 5.89. The lowest BCUT2D eigenvalue weighted by Crippen LogP contribution is -2.38. The van der Waals surface area contributed by atoms with Crippen molar-refractivity contribution in [3.05, 3.63) is 21.1 Å². The van der Waals surface area contributed by atoms with Gasteiger partial charge in [0.15, 0.2) is 0 Å². The van der Waals surface area contributed by atoms with Gasteiger partial charge in [0.05, 0.1) is 11.1 Å². The second-order valence-electron chi connectivity index (χ2n) is 5.32. The van der Waals surface area contributed by atoms with Crippen molar-refractivity contribution in [2.45, 2.75) is 18.2 Å². The fraction of sp³-hybridized carbons (Fsp3) is 0.417. The Balaban J connectivity index is 2.44. The number of halogens is 2. The van der Waals surface area contributed by atoms with Gasteiger partial charge >= 0.3 is 0 Å². The molecule has 1 amide bonds. The second kappa shape index (κ2) is 5.53. The number of nitrogens with zero attached hydrogens (tertiary/aromatic N) is 1. The largest absolute Gasteiger partial charge is 0.398 e. The van der Waals surface area contributed by atoms with Crippen LogP contribution < -0.4 is 11.5 Å². The number of rotatable bonds is 3. The van der Waals surface area contributed by atoms with Crippen molar-refractivity contribution >= 4 is 53.5 Å². The second-order valence-corrected chi connectivity index (χ2v) is 8.96. The van der Waals surface area contributed by atoms with Crippen LogP contribution in [0.2, 0.25) is 0 Å². The number of hydrogen-bond acceptors (Lipinski definition) is 4. The Morgan fingerprint density at radius 2 is 2.00 bits per heavy atom. The van der Waals surface area contributed by atoms with Crippen LogP contribution >= 0.6 is 31.9 Å². The number of benzene rings is 1. The van der Waals surface area contributed by atoms with E-state index in [-0.39, 0.29) is 23.7 Å². The van der Waals surface area contributed by atoms with Crippen LogP contribution in [0, 0.1) is 5.41 Å². The third kappa shape index (κ3) is 2.96. The summed E-state index contributed by atoms with van der Waals surface area (Å²) in [5.41, 5.74) is 10.5. The lowest BCUT2D eigenvalue weighted by atomic mass is 9.89. The van der Waals surface area contributed by atoms with Gasteiger partial charge in [-0.15, -0.1) is 0 Å². The van der Waals surface area contributed by atoms with Crippen molar-refractivity contribution in [1.29, 1.82) is 0 Å². The monoisotopic (exact) mass is 439 g/mol. The molecule has 1 fully saturated rings. The molecule has 0 radical (unpaired) electrons. The number of hydrogen-bond donors (Lipinski definition) is 2. The normalized spacial score (nSPS) is 23.4. The van der Waals surface area contributed by atoms with E-state index < -0.39 is 21.3 Å². The van der Waals surface area contributed by atoms with E-state index in [2.05, 4.69) is 31.9 Å². The van der Waals surface area contributed by atoms with Crippen molar-refractivity contribution in [2.75, 3.05) is 18.8 Å². The summed E-state index contributed by atoms with van der Waals surface area (Å²) in [6.07, 6.45) is 0.398. The minimum Gasteiger partial charge on any atom is -0.398 e. The van der Waals surface area contributed by atoms with Gasteiger partial charge in [-0.25, -0.2) is 8.42 Å². The number of nitrogens with two attached hydrogens (primary N) is 2. The molecule has 1 aliphatic rings. The lowest BCUT2D eigenvalue weighted by Gasteiger charge is -2.22. The van der Waals surface area contributed by atoms with Gasteiger partial charge in [0.25, 0.3) is 0 Å². The van der Waals surface area contributed by atoms with Gasteiger partial charge in [-0.3, -0.25) is 4.79 Å². The predicted octanol–water partition coefficient (Wildman–Crippen LogP) is 1.68. The summed E-state index contributed by atoms with van der Waals surface area (Å²) in [5, 5.41) is 0. The van der Waals surface area contributed by atoms with Gasteiger partial charge in [0.2, 0.25) is 15.9 Å². The molecule has 1 saturated heterocycles. The first-order chi connectivity index (χ1) is 9.58. The number of amides is 1. The number of carbonyl (C=O) groups excluding carboxylic acids is 1. The van der Waals surface area contributed by atoms with E-state index in [1.165, 1.54) is 10.4 Å². The maximum absolute atomic E-state index is 12.7. The Kier molecular flexibility index (Phi) is 4.40. The van der Waals surface area contributed by atoms with Crippen LogP contribution in [0.25, 0.3) is 0 Å². The van der Waals surface area contributed by atoms with Gasteiger partial charge in [-0.1, -0.05) is 15.9 Å². The van der Waals surface area contributed by atoms with Crippen LogP contribution in [0.4, 0.5) is 5.69 Å². The first-order valence-corrected chi connectivity index (χ1v) is 9.15. The highest BCUT2D eigenvalue weighted by atomic mass is 79.9. The Morgan fingerprint density at radius 1 is 1.38 bits per heavy atom. The van der Waals surface area contributed by atoms with E-state index in [1.807, 2.05) is 0 Å². The number of sulfonamides is 1. The maximum Gasteiger partial charge on any atom is 0.246 e. The summed E-state index contributed by atoms with van der Waals surface area (Å²) in [4.78, 5) is 11.5. The molecule has 116 valence electrons. The van der Waals surface area contributed by atoms with Crippen LogP contribution in [-0.2, 0) is 14.8 Å². The molecule has 1 aromatic carbocycles. The average Bonchev–Trinajstić information content (AvgIpc) is 2.72. The molecule has 1 heterocycles. The van der Waals surface area contributed by atoms with Gasteiger partial charge in [0.1, 0.15) is 4.90 Å². The molecule has 4 N–H and O–H groups in total. The average molecular weight is 441 g/mol. The van der Waals surface area contributed by atoms with E-state index in [4.69, 9.17) is 11.5 Å². The zero-order valence-electron chi connectivity index (χ0n) is 11.3. The molecule has 1 unspecified atom stereocenters. The Labute approximate surface area is 140 Å². The first-order valence-electron chi connectivity index (χ1n) is 6.12. The van der Waals surface area contributed by atoms with E-state index in [9.17, 15) is 13.2 Å². The third-order valence-electron chi connectivity index (χ3n) is 3.67. The van der Waals surface area contributed by atoms with Crippen molar-refractivity contribution in [3.63, 3.8) is 0 Å². The molecule has 1 aliphatic heterocycles. The number of nitrogen functional groups attached to an aromatic ring is 1. The molecule has 0 aromatic heterocycles. The molecule has 21 heavy (non-hydrogen) atoms. The zero-order valence-corrected chi connectivity index (χ0v) is 15.3. The van der Waals surface area contributed by atoms with Gasteiger partial charge in [0, 0.05) is 22.0 Å².